The van der Waals surface area contributed by atoms with E-state index in [9.17, 15) is 5.11 Å². The molecule has 0 bridgehead atoms. The normalized spacial score (nSPS) is 25.6. The summed E-state index contributed by atoms with van der Waals surface area (Å²) in [4.78, 5) is 8.49. The Labute approximate surface area is 127 Å². The van der Waals surface area contributed by atoms with Crippen LogP contribution in [0.15, 0.2) is 49.3 Å². The van der Waals surface area contributed by atoms with E-state index in [1.165, 1.54) is 11.1 Å². The highest BCUT2D eigenvalue weighted by molar-refractivity contribution is 5.69. The molecule has 5 heteroatoms. The van der Waals surface area contributed by atoms with Crippen LogP contribution < -0.4 is 0 Å². The largest absolute Gasteiger partial charge is 0.386 e. The predicted octanol–water partition coefficient (Wildman–Crippen LogP) is 2.40. The molecular weight excluding hydrogens is 276 g/mol. The Bertz CT molecular complexity index is 850. The van der Waals surface area contributed by atoms with Crippen molar-refractivity contribution in [2.24, 2.45) is 5.92 Å². The van der Waals surface area contributed by atoms with Crippen LogP contribution in [0.3, 0.4) is 0 Å². The topological polar surface area (TPSA) is 55.9 Å². The van der Waals surface area contributed by atoms with Crippen LogP contribution in [0, 0.1) is 5.92 Å². The lowest BCUT2D eigenvalue weighted by Crippen LogP contribution is -2.30. The second-order valence-corrected chi connectivity index (χ2v) is 6.13. The smallest absolute Gasteiger partial charge is 0.101 e. The van der Waals surface area contributed by atoms with Gasteiger partial charge in [0.25, 0.3) is 0 Å². The summed E-state index contributed by atoms with van der Waals surface area (Å²) in [6.07, 6.45) is 7.83. The zero-order valence-corrected chi connectivity index (χ0v) is 12.0. The van der Waals surface area contributed by atoms with E-state index < -0.39 is 6.10 Å². The van der Waals surface area contributed by atoms with Crippen LogP contribution >= 0.6 is 0 Å². The van der Waals surface area contributed by atoms with Crippen LogP contribution in [0.2, 0.25) is 0 Å². The first-order valence-corrected chi connectivity index (χ1v) is 7.64. The lowest BCUT2D eigenvalue weighted by atomic mass is 9.83. The number of benzene rings is 1. The van der Waals surface area contributed by atoms with E-state index in [-0.39, 0.29) is 12.0 Å². The molecule has 2 aliphatic rings. The van der Waals surface area contributed by atoms with Gasteiger partial charge in [0.2, 0.25) is 0 Å². The molecule has 3 aromatic rings. The summed E-state index contributed by atoms with van der Waals surface area (Å²) in [6.45, 7) is 0.903. The number of aromatic nitrogens is 4. The first-order chi connectivity index (χ1) is 10.8. The van der Waals surface area contributed by atoms with Crippen molar-refractivity contribution in [2.45, 2.75) is 25.1 Å². The van der Waals surface area contributed by atoms with Gasteiger partial charge in [-0.2, -0.15) is 0 Å². The fourth-order valence-corrected chi connectivity index (χ4v) is 4.07. The number of imidazole rings is 2. The minimum atomic E-state index is -0.498. The van der Waals surface area contributed by atoms with Gasteiger partial charge in [0.05, 0.1) is 42.5 Å². The van der Waals surface area contributed by atoms with Crippen molar-refractivity contribution in [1.82, 2.24) is 19.1 Å². The van der Waals surface area contributed by atoms with Gasteiger partial charge in [0.15, 0.2) is 0 Å². The van der Waals surface area contributed by atoms with Crippen molar-refractivity contribution in [3.05, 3.63) is 60.6 Å². The zero-order valence-electron chi connectivity index (χ0n) is 12.0. The number of hydrogen-bond donors (Lipinski definition) is 1. The highest BCUT2D eigenvalue weighted by Crippen LogP contribution is 2.48. The molecule has 2 aliphatic heterocycles. The van der Waals surface area contributed by atoms with E-state index in [1.54, 1.807) is 12.5 Å². The molecule has 4 heterocycles. The molecule has 0 saturated heterocycles. The van der Waals surface area contributed by atoms with Crippen LogP contribution in [0.25, 0.3) is 11.3 Å². The van der Waals surface area contributed by atoms with Gasteiger partial charge < -0.3 is 14.2 Å². The second kappa shape index (κ2) is 4.30. The van der Waals surface area contributed by atoms with Crippen LogP contribution in [0.4, 0.5) is 0 Å². The fraction of sp³-hybridized carbons (Fsp3) is 0.294. The predicted molar refractivity (Wildman–Crippen MR) is 81.1 cm³/mol. The van der Waals surface area contributed by atoms with Crippen LogP contribution in [0.5, 0.6) is 0 Å². The monoisotopic (exact) mass is 292 g/mol. The van der Waals surface area contributed by atoms with E-state index in [0.717, 1.165) is 24.4 Å². The third-order valence-corrected chi connectivity index (χ3v) is 5.08. The van der Waals surface area contributed by atoms with Crippen molar-refractivity contribution in [3.63, 3.8) is 0 Å². The Morgan fingerprint density at radius 1 is 1.09 bits per heavy atom. The van der Waals surface area contributed by atoms with E-state index in [1.807, 2.05) is 12.5 Å². The minimum absolute atomic E-state index is 0.140. The zero-order chi connectivity index (χ0) is 14.7. The summed E-state index contributed by atoms with van der Waals surface area (Å²) in [5.74, 6) is 0.140. The lowest BCUT2D eigenvalue weighted by Gasteiger charge is -2.34. The fourth-order valence-electron chi connectivity index (χ4n) is 4.07. The molecule has 0 radical (unpaired) electrons. The summed E-state index contributed by atoms with van der Waals surface area (Å²) in [7, 11) is 0. The van der Waals surface area contributed by atoms with Gasteiger partial charge in [0, 0.05) is 18.0 Å². The first-order valence-electron chi connectivity index (χ1n) is 7.64. The second-order valence-electron chi connectivity index (χ2n) is 6.13. The Balaban J connectivity index is 1.65. The van der Waals surface area contributed by atoms with Gasteiger partial charge in [-0.15, -0.1) is 0 Å². The molecule has 22 heavy (non-hydrogen) atoms. The van der Waals surface area contributed by atoms with Gasteiger partial charge in [0.1, 0.15) is 6.10 Å². The molecule has 5 rings (SSSR count). The third kappa shape index (κ3) is 1.46. The number of nitrogens with zero attached hydrogens (tertiary/aromatic N) is 4. The molecule has 1 aromatic carbocycles. The molecule has 0 fully saturated rings. The molecule has 3 unspecified atom stereocenters. The molecule has 110 valence electrons. The Morgan fingerprint density at radius 3 is 2.91 bits per heavy atom. The average Bonchev–Trinajstić information content (AvgIpc) is 3.23. The molecule has 1 N–H and O–H groups in total. The number of fused-ring (bicyclic) bond motifs is 4. The van der Waals surface area contributed by atoms with Crippen LogP contribution in [-0.4, -0.2) is 24.2 Å². The molecular formula is C17H16N4O. The maximum absolute atomic E-state index is 10.9. The molecule has 5 nitrogen and oxygen atoms in total. The molecule has 0 saturated carbocycles. The summed E-state index contributed by atoms with van der Waals surface area (Å²) in [5.41, 5.74) is 4.59. The number of aryl methyl sites for hydroxylation is 1. The summed E-state index contributed by atoms with van der Waals surface area (Å²) in [5, 5.41) is 10.9. The number of rotatable bonds is 1. The highest BCUT2D eigenvalue weighted by atomic mass is 16.3. The van der Waals surface area contributed by atoms with E-state index >= 15 is 0 Å². The van der Waals surface area contributed by atoms with Crippen molar-refractivity contribution < 1.29 is 5.11 Å². The van der Waals surface area contributed by atoms with Gasteiger partial charge in [-0.05, 0) is 12.0 Å². The van der Waals surface area contributed by atoms with Crippen molar-refractivity contribution in [1.29, 1.82) is 0 Å². The number of hydrogen-bond acceptors (Lipinski definition) is 3. The molecule has 0 spiro atoms. The van der Waals surface area contributed by atoms with Crippen molar-refractivity contribution in [3.8, 4) is 11.3 Å². The molecule has 2 aromatic heterocycles. The molecule has 0 amide bonds. The van der Waals surface area contributed by atoms with Crippen molar-refractivity contribution >= 4 is 0 Å². The van der Waals surface area contributed by atoms with E-state index in [0.29, 0.717) is 0 Å². The number of aliphatic hydroxyl groups excluding tert-OH is 1. The highest BCUT2D eigenvalue weighted by Gasteiger charge is 2.40. The molecule has 0 aliphatic carbocycles. The van der Waals surface area contributed by atoms with Gasteiger partial charge in [-0.3, -0.25) is 0 Å². The van der Waals surface area contributed by atoms with Crippen LogP contribution in [-0.2, 0) is 6.54 Å². The number of aliphatic hydroxyl groups is 1. The standard InChI is InChI=1S/C17H16N4O/c22-17-13(5-6-20-9-18-8-15(17)20)16-12-4-2-1-3-11(12)14-7-19-10-21(14)16/h1-4,7-10,13,16-17,22H,5-6H2. The van der Waals surface area contributed by atoms with Gasteiger partial charge in [-0.25, -0.2) is 9.97 Å². The summed E-state index contributed by atoms with van der Waals surface area (Å²) < 4.78 is 4.27. The Morgan fingerprint density at radius 2 is 1.95 bits per heavy atom. The summed E-state index contributed by atoms with van der Waals surface area (Å²) in [6, 6.07) is 8.59. The van der Waals surface area contributed by atoms with E-state index in [2.05, 4.69) is 43.4 Å². The van der Waals surface area contributed by atoms with Crippen molar-refractivity contribution in [2.75, 3.05) is 0 Å². The Hall–Kier alpha value is -2.40. The average molecular weight is 292 g/mol. The summed E-state index contributed by atoms with van der Waals surface area (Å²) >= 11 is 0. The molecule has 3 atom stereocenters. The lowest BCUT2D eigenvalue weighted by molar-refractivity contribution is 0.0556. The maximum Gasteiger partial charge on any atom is 0.101 e. The third-order valence-electron chi connectivity index (χ3n) is 5.08. The van der Waals surface area contributed by atoms with Gasteiger partial charge >= 0.3 is 0 Å². The minimum Gasteiger partial charge on any atom is -0.386 e. The van der Waals surface area contributed by atoms with Gasteiger partial charge in [-0.1, -0.05) is 24.3 Å². The van der Waals surface area contributed by atoms with E-state index in [4.69, 9.17) is 0 Å². The first kappa shape index (κ1) is 12.2. The SMILES string of the molecule is OC1c2cncn2CCC1C1c2ccccc2-c2cncn21. The van der Waals surface area contributed by atoms with Crippen LogP contribution in [0.1, 0.15) is 29.8 Å². The quantitative estimate of drug-likeness (QED) is 0.749. The maximum atomic E-state index is 10.9. The Kier molecular flexibility index (Phi) is 2.38.